The third-order valence-corrected chi connectivity index (χ3v) is 3.03. The molecule has 84 valence electrons. The molecule has 1 atom stereocenters. The van der Waals surface area contributed by atoms with Gasteiger partial charge < -0.3 is 5.11 Å². The molecule has 0 heterocycles. The minimum Gasteiger partial charge on any atom is -0.393 e. The highest BCUT2D eigenvalue weighted by atomic mass is 35.5. The maximum absolute atomic E-state index is 9.60. The molecule has 0 spiro atoms. The molecule has 15 heavy (non-hydrogen) atoms. The third kappa shape index (κ3) is 4.23. The second kappa shape index (κ2) is 6.14. The van der Waals surface area contributed by atoms with E-state index in [0.717, 1.165) is 36.3 Å². The summed E-state index contributed by atoms with van der Waals surface area (Å²) in [6, 6.07) is 6.11. The molecule has 0 bridgehead atoms. The zero-order chi connectivity index (χ0) is 11.3. The van der Waals surface area contributed by atoms with Gasteiger partial charge in [-0.1, -0.05) is 37.1 Å². The van der Waals surface area contributed by atoms with E-state index in [9.17, 15) is 5.11 Å². The molecule has 1 aromatic rings. The number of rotatable bonds is 5. The van der Waals surface area contributed by atoms with Crippen LogP contribution < -0.4 is 0 Å². The van der Waals surface area contributed by atoms with Gasteiger partial charge in [0.05, 0.1) is 6.10 Å². The summed E-state index contributed by atoms with van der Waals surface area (Å²) in [5, 5.41) is 10.4. The van der Waals surface area contributed by atoms with Gasteiger partial charge in [0.15, 0.2) is 0 Å². The highest BCUT2D eigenvalue weighted by molar-refractivity contribution is 6.31. The Morgan fingerprint density at radius 2 is 2.07 bits per heavy atom. The zero-order valence-corrected chi connectivity index (χ0v) is 10.2. The van der Waals surface area contributed by atoms with Crippen LogP contribution in [-0.2, 0) is 6.42 Å². The molecule has 0 aliphatic heterocycles. The van der Waals surface area contributed by atoms with Crippen LogP contribution >= 0.6 is 11.6 Å². The van der Waals surface area contributed by atoms with Gasteiger partial charge in [0, 0.05) is 5.02 Å². The largest absolute Gasteiger partial charge is 0.393 e. The normalized spacial score (nSPS) is 12.8. The highest BCUT2D eigenvalue weighted by Crippen LogP contribution is 2.18. The first kappa shape index (κ1) is 12.5. The summed E-state index contributed by atoms with van der Waals surface area (Å²) in [6.07, 6.45) is 3.49. The summed E-state index contributed by atoms with van der Waals surface area (Å²) in [5.41, 5.74) is 2.32. The molecule has 1 nitrogen and oxygen atoms in total. The molecule has 1 aromatic carbocycles. The highest BCUT2D eigenvalue weighted by Gasteiger charge is 2.04. The Bertz CT molecular complexity index is 309. The van der Waals surface area contributed by atoms with Crippen LogP contribution in [0.15, 0.2) is 18.2 Å². The molecule has 2 heteroatoms. The van der Waals surface area contributed by atoms with Crippen molar-refractivity contribution in [3.05, 3.63) is 34.3 Å². The van der Waals surface area contributed by atoms with Crippen molar-refractivity contribution in [1.82, 2.24) is 0 Å². The van der Waals surface area contributed by atoms with Crippen molar-refractivity contribution in [3.63, 3.8) is 0 Å². The van der Waals surface area contributed by atoms with Crippen molar-refractivity contribution in [3.8, 4) is 0 Å². The molecule has 0 aliphatic carbocycles. The molecule has 0 radical (unpaired) electrons. The number of aliphatic hydroxyl groups excluding tert-OH is 1. The number of aryl methyl sites for hydroxylation is 2. The fourth-order valence-corrected chi connectivity index (χ4v) is 1.81. The molecule has 1 unspecified atom stereocenters. The summed E-state index contributed by atoms with van der Waals surface area (Å²) in [7, 11) is 0. The standard InChI is InChI=1S/C13H19ClO/c1-3-4-12(15)8-7-11-6-5-10(2)13(14)9-11/h5-6,9,12,15H,3-4,7-8H2,1-2H3. The summed E-state index contributed by atoms with van der Waals surface area (Å²) in [5.74, 6) is 0. The topological polar surface area (TPSA) is 20.2 Å². The van der Waals surface area contributed by atoms with E-state index in [-0.39, 0.29) is 6.10 Å². The van der Waals surface area contributed by atoms with E-state index in [0.29, 0.717) is 0 Å². The molecular formula is C13H19ClO. The van der Waals surface area contributed by atoms with Crippen molar-refractivity contribution in [2.45, 2.75) is 45.6 Å². The first-order valence-corrected chi connectivity index (χ1v) is 5.94. The Balaban J connectivity index is 2.47. The number of halogens is 1. The molecule has 1 rings (SSSR count). The Kier molecular flexibility index (Phi) is 5.13. The second-order valence-electron chi connectivity index (χ2n) is 4.06. The number of benzene rings is 1. The van der Waals surface area contributed by atoms with Gasteiger partial charge in [-0.2, -0.15) is 0 Å². The predicted octanol–water partition coefficient (Wildman–Crippen LogP) is 3.74. The van der Waals surface area contributed by atoms with Gasteiger partial charge >= 0.3 is 0 Å². The minimum absolute atomic E-state index is 0.171. The van der Waals surface area contributed by atoms with E-state index in [2.05, 4.69) is 13.0 Å². The lowest BCUT2D eigenvalue weighted by atomic mass is 10.0. The van der Waals surface area contributed by atoms with Gasteiger partial charge in [-0.15, -0.1) is 0 Å². The number of hydrogen-bond acceptors (Lipinski definition) is 1. The van der Waals surface area contributed by atoms with Crippen LogP contribution in [-0.4, -0.2) is 11.2 Å². The molecule has 0 amide bonds. The van der Waals surface area contributed by atoms with Gasteiger partial charge in [-0.05, 0) is 43.4 Å². The first-order valence-electron chi connectivity index (χ1n) is 5.56. The monoisotopic (exact) mass is 226 g/mol. The molecule has 0 saturated heterocycles. The Hall–Kier alpha value is -0.530. The lowest BCUT2D eigenvalue weighted by Gasteiger charge is -2.09. The number of hydrogen-bond donors (Lipinski definition) is 1. The van der Waals surface area contributed by atoms with Crippen molar-refractivity contribution in [2.24, 2.45) is 0 Å². The fraction of sp³-hybridized carbons (Fsp3) is 0.538. The van der Waals surface area contributed by atoms with Crippen LogP contribution in [0.4, 0.5) is 0 Å². The molecule has 0 saturated carbocycles. The minimum atomic E-state index is -0.171. The Morgan fingerprint density at radius 3 is 2.67 bits per heavy atom. The smallest absolute Gasteiger partial charge is 0.0543 e. The van der Waals surface area contributed by atoms with Crippen LogP contribution in [0.3, 0.4) is 0 Å². The summed E-state index contributed by atoms with van der Waals surface area (Å²) < 4.78 is 0. The predicted molar refractivity (Wildman–Crippen MR) is 65.4 cm³/mol. The van der Waals surface area contributed by atoms with E-state index in [4.69, 9.17) is 11.6 Å². The van der Waals surface area contributed by atoms with Gasteiger partial charge in [0.2, 0.25) is 0 Å². The van der Waals surface area contributed by atoms with Crippen LogP contribution in [0, 0.1) is 6.92 Å². The lowest BCUT2D eigenvalue weighted by Crippen LogP contribution is -2.07. The average molecular weight is 227 g/mol. The third-order valence-electron chi connectivity index (χ3n) is 2.62. The van der Waals surface area contributed by atoms with Gasteiger partial charge in [0.1, 0.15) is 0 Å². The van der Waals surface area contributed by atoms with Gasteiger partial charge in [0.25, 0.3) is 0 Å². The van der Waals surface area contributed by atoms with E-state index in [1.165, 1.54) is 5.56 Å². The van der Waals surface area contributed by atoms with Crippen molar-refractivity contribution in [1.29, 1.82) is 0 Å². The van der Waals surface area contributed by atoms with E-state index in [1.54, 1.807) is 0 Å². The summed E-state index contributed by atoms with van der Waals surface area (Å²) in [4.78, 5) is 0. The number of aliphatic hydroxyl groups is 1. The van der Waals surface area contributed by atoms with Crippen LogP contribution in [0.5, 0.6) is 0 Å². The fourth-order valence-electron chi connectivity index (χ4n) is 1.60. The van der Waals surface area contributed by atoms with Gasteiger partial charge in [-0.3, -0.25) is 0 Å². The van der Waals surface area contributed by atoms with E-state index >= 15 is 0 Å². The van der Waals surface area contributed by atoms with Crippen LogP contribution in [0.2, 0.25) is 5.02 Å². The Morgan fingerprint density at radius 1 is 1.33 bits per heavy atom. The van der Waals surface area contributed by atoms with Gasteiger partial charge in [-0.25, -0.2) is 0 Å². The van der Waals surface area contributed by atoms with E-state index < -0.39 is 0 Å². The van der Waals surface area contributed by atoms with Crippen LogP contribution in [0.25, 0.3) is 0 Å². The maximum atomic E-state index is 9.60. The summed E-state index contributed by atoms with van der Waals surface area (Å²) in [6.45, 7) is 4.09. The zero-order valence-electron chi connectivity index (χ0n) is 9.46. The average Bonchev–Trinajstić information content (AvgIpc) is 2.20. The molecular weight excluding hydrogens is 208 g/mol. The molecule has 1 N–H and O–H groups in total. The Labute approximate surface area is 97.1 Å². The first-order chi connectivity index (χ1) is 7.13. The molecule has 0 fully saturated rings. The second-order valence-corrected chi connectivity index (χ2v) is 4.47. The quantitative estimate of drug-likeness (QED) is 0.811. The van der Waals surface area contributed by atoms with Crippen LogP contribution in [0.1, 0.15) is 37.3 Å². The SMILES string of the molecule is CCCC(O)CCc1ccc(C)c(Cl)c1. The van der Waals surface area contributed by atoms with E-state index in [1.807, 2.05) is 19.1 Å². The lowest BCUT2D eigenvalue weighted by molar-refractivity contribution is 0.154. The molecule has 0 aliphatic rings. The van der Waals surface area contributed by atoms with Crippen molar-refractivity contribution < 1.29 is 5.11 Å². The van der Waals surface area contributed by atoms with Crippen molar-refractivity contribution in [2.75, 3.05) is 0 Å². The maximum Gasteiger partial charge on any atom is 0.0543 e. The van der Waals surface area contributed by atoms with Crippen molar-refractivity contribution >= 4 is 11.6 Å². The molecule has 0 aromatic heterocycles. The summed E-state index contributed by atoms with van der Waals surface area (Å²) >= 11 is 6.03.